The number of rotatable bonds is 12. The normalized spacial score (nSPS) is 11.5. The lowest BCUT2D eigenvalue weighted by Crippen LogP contribution is -2.05. The van der Waals surface area contributed by atoms with Crippen molar-refractivity contribution in [1.82, 2.24) is 4.98 Å². The van der Waals surface area contributed by atoms with Gasteiger partial charge in [0, 0.05) is 35.4 Å². The van der Waals surface area contributed by atoms with E-state index >= 15 is 0 Å². The average molecular weight is 543 g/mol. The van der Waals surface area contributed by atoms with E-state index in [1.54, 1.807) is 18.2 Å². The Morgan fingerprint density at radius 1 is 0.921 bits per heavy atom. The number of benzene rings is 2. The van der Waals surface area contributed by atoms with Crippen molar-refractivity contribution in [3.05, 3.63) is 88.9 Å². The summed E-state index contributed by atoms with van der Waals surface area (Å²) in [6.07, 6.45) is 3.98. The molecule has 0 aliphatic carbocycles. The lowest BCUT2D eigenvalue weighted by molar-refractivity contribution is 0.104. The van der Waals surface area contributed by atoms with Crippen LogP contribution in [-0.2, 0) is 15.6 Å². The van der Waals surface area contributed by atoms with Crippen molar-refractivity contribution in [1.29, 1.82) is 0 Å². The van der Waals surface area contributed by atoms with E-state index < -0.39 is 21.4 Å². The molecule has 38 heavy (non-hydrogen) atoms. The van der Waals surface area contributed by atoms with Crippen molar-refractivity contribution in [2.45, 2.75) is 5.75 Å². The van der Waals surface area contributed by atoms with Gasteiger partial charge in [0.05, 0.1) is 45.4 Å². The minimum Gasteiger partial charge on any atom is -0.496 e. The molecule has 11 heteroatoms. The van der Waals surface area contributed by atoms with E-state index in [9.17, 15) is 17.6 Å². The molecule has 0 bridgehead atoms. The van der Waals surface area contributed by atoms with E-state index in [0.717, 1.165) is 5.41 Å². The molecular formula is C27H27FN2O7S. The third-order valence-corrected chi connectivity index (χ3v) is 6.51. The zero-order valence-corrected chi connectivity index (χ0v) is 22.0. The van der Waals surface area contributed by atoms with E-state index in [1.165, 1.54) is 77.1 Å². The monoisotopic (exact) mass is 542 g/mol. The van der Waals surface area contributed by atoms with Crippen LogP contribution in [0.15, 0.2) is 66.2 Å². The van der Waals surface area contributed by atoms with Gasteiger partial charge < -0.3 is 24.3 Å². The van der Waals surface area contributed by atoms with Crippen LogP contribution in [0.4, 0.5) is 10.2 Å². The molecule has 0 radical (unpaired) electrons. The van der Waals surface area contributed by atoms with E-state index in [0.29, 0.717) is 34.1 Å². The van der Waals surface area contributed by atoms with Gasteiger partial charge in [-0.1, -0.05) is 0 Å². The molecule has 0 saturated carbocycles. The Hall–Kier alpha value is -4.38. The fourth-order valence-corrected chi connectivity index (χ4v) is 4.38. The molecule has 200 valence electrons. The third-order valence-electron chi connectivity index (χ3n) is 5.26. The number of allylic oxidation sites excluding steroid dienone is 1. The summed E-state index contributed by atoms with van der Waals surface area (Å²) in [5.74, 6) is 0.605. The number of nitrogens with zero attached hydrogens (tertiary/aromatic N) is 1. The van der Waals surface area contributed by atoms with Crippen LogP contribution in [0.5, 0.6) is 23.0 Å². The van der Waals surface area contributed by atoms with Crippen molar-refractivity contribution in [2.75, 3.05) is 33.8 Å². The lowest BCUT2D eigenvalue weighted by atomic mass is 10.1. The van der Waals surface area contributed by atoms with Crippen LogP contribution in [0.25, 0.3) is 6.08 Å². The minimum absolute atomic E-state index is 0.214. The molecule has 3 rings (SSSR count). The van der Waals surface area contributed by atoms with E-state index in [1.807, 2.05) is 0 Å². The summed E-state index contributed by atoms with van der Waals surface area (Å²) in [6.45, 7) is 0. The summed E-state index contributed by atoms with van der Waals surface area (Å²) < 4.78 is 60.0. The predicted octanol–water partition coefficient (Wildman–Crippen LogP) is 4.65. The second-order valence-corrected chi connectivity index (χ2v) is 9.64. The first-order valence-corrected chi connectivity index (χ1v) is 12.9. The Balaban J connectivity index is 1.78. The van der Waals surface area contributed by atoms with Crippen LogP contribution in [0, 0.1) is 5.82 Å². The Morgan fingerprint density at radius 3 is 2.13 bits per heavy atom. The van der Waals surface area contributed by atoms with E-state index in [-0.39, 0.29) is 17.3 Å². The van der Waals surface area contributed by atoms with Gasteiger partial charge in [-0.3, -0.25) is 4.79 Å². The summed E-state index contributed by atoms with van der Waals surface area (Å²) in [5, 5.41) is 3.89. The molecule has 2 aromatic carbocycles. The molecule has 1 aromatic heterocycles. The van der Waals surface area contributed by atoms with Gasteiger partial charge in [0.25, 0.3) is 0 Å². The van der Waals surface area contributed by atoms with Crippen LogP contribution < -0.4 is 24.3 Å². The maximum atomic E-state index is 13.1. The number of halogens is 1. The molecular weight excluding hydrogens is 515 g/mol. The average Bonchev–Trinajstić information content (AvgIpc) is 2.91. The first kappa shape index (κ1) is 28.2. The topological polar surface area (TPSA) is 113 Å². The Labute approximate surface area is 220 Å². The number of aromatic nitrogens is 1. The molecule has 0 aliphatic heterocycles. The van der Waals surface area contributed by atoms with Crippen molar-refractivity contribution in [3.63, 3.8) is 0 Å². The fourth-order valence-electron chi connectivity index (χ4n) is 3.36. The van der Waals surface area contributed by atoms with Gasteiger partial charge in [-0.15, -0.1) is 0 Å². The molecule has 0 saturated heterocycles. The number of methoxy groups -OCH3 is 4. The number of hydrogen-bond acceptors (Lipinski definition) is 9. The second kappa shape index (κ2) is 12.7. The van der Waals surface area contributed by atoms with Crippen LogP contribution in [-0.4, -0.2) is 47.6 Å². The Kier molecular flexibility index (Phi) is 9.44. The van der Waals surface area contributed by atoms with Crippen molar-refractivity contribution >= 4 is 27.5 Å². The molecule has 0 unspecified atom stereocenters. The summed E-state index contributed by atoms with van der Waals surface area (Å²) in [4.78, 5) is 16.6. The largest absolute Gasteiger partial charge is 0.496 e. The maximum Gasteiger partial charge on any atom is 0.187 e. The highest BCUT2D eigenvalue weighted by Gasteiger charge is 2.15. The molecule has 3 aromatic rings. The molecule has 0 aliphatic rings. The molecule has 1 heterocycles. The second-order valence-electron chi connectivity index (χ2n) is 7.76. The number of carbonyl (C=O) groups excluding carboxylic acids is 1. The van der Waals surface area contributed by atoms with Gasteiger partial charge in [0.2, 0.25) is 0 Å². The van der Waals surface area contributed by atoms with Crippen molar-refractivity contribution in [3.8, 4) is 23.0 Å². The predicted molar refractivity (Wildman–Crippen MR) is 142 cm³/mol. The molecule has 0 fully saturated rings. The number of anilines is 1. The summed E-state index contributed by atoms with van der Waals surface area (Å²) in [6, 6.07) is 11.5. The van der Waals surface area contributed by atoms with Crippen LogP contribution >= 0.6 is 0 Å². The molecule has 0 amide bonds. The highest BCUT2D eigenvalue weighted by atomic mass is 32.2. The van der Waals surface area contributed by atoms with Crippen LogP contribution in [0.2, 0.25) is 0 Å². The number of hydrogen-bond donors (Lipinski definition) is 1. The van der Waals surface area contributed by atoms with Gasteiger partial charge in [-0.25, -0.2) is 17.8 Å². The van der Waals surface area contributed by atoms with Gasteiger partial charge in [-0.2, -0.15) is 0 Å². The number of carbonyl (C=O) groups is 1. The number of pyridine rings is 1. The molecule has 1 N–H and O–H groups in total. The van der Waals surface area contributed by atoms with Crippen LogP contribution in [0.3, 0.4) is 0 Å². The van der Waals surface area contributed by atoms with Crippen LogP contribution in [0.1, 0.15) is 21.6 Å². The smallest absolute Gasteiger partial charge is 0.187 e. The number of sulfone groups is 1. The lowest BCUT2D eigenvalue weighted by Gasteiger charge is -2.12. The summed E-state index contributed by atoms with van der Waals surface area (Å²) >= 11 is 0. The Morgan fingerprint density at radius 2 is 1.55 bits per heavy atom. The third kappa shape index (κ3) is 7.32. The van der Waals surface area contributed by atoms with Gasteiger partial charge >= 0.3 is 0 Å². The number of ketones is 1. The van der Waals surface area contributed by atoms with E-state index in [4.69, 9.17) is 18.9 Å². The van der Waals surface area contributed by atoms with Gasteiger partial charge in [0.15, 0.2) is 27.2 Å². The molecule has 0 atom stereocenters. The molecule has 0 spiro atoms. The quantitative estimate of drug-likeness (QED) is 0.258. The summed E-state index contributed by atoms with van der Waals surface area (Å²) in [5.41, 5.74) is 0.978. The minimum atomic E-state index is -3.77. The van der Waals surface area contributed by atoms with E-state index in [2.05, 4.69) is 10.3 Å². The zero-order valence-electron chi connectivity index (χ0n) is 21.2. The summed E-state index contributed by atoms with van der Waals surface area (Å²) in [7, 11) is 2.08. The SMILES string of the molecule is COc1cc(OC)c(/C=C/S(=O)(=O)Cc2ccc(OC)c(N/C=C/C(=O)c3ccc(F)cc3)n2)c(OC)c1. The van der Waals surface area contributed by atoms with Crippen molar-refractivity contribution in [2.24, 2.45) is 0 Å². The first-order valence-electron chi connectivity index (χ1n) is 11.2. The number of ether oxygens (including phenoxy) is 4. The first-order chi connectivity index (χ1) is 18.2. The highest BCUT2D eigenvalue weighted by Crippen LogP contribution is 2.35. The van der Waals surface area contributed by atoms with Gasteiger partial charge in [0.1, 0.15) is 23.1 Å². The molecule has 9 nitrogen and oxygen atoms in total. The highest BCUT2D eigenvalue weighted by molar-refractivity contribution is 7.93. The number of nitrogens with one attached hydrogen (secondary N) is 1. The standard InChI is InChI=1S/C27H27FN2O7S/c1-34-21-15-25(36-3)22(26(16-21)37-4)12-14-38(32,33)17-20-9-10-24(35-2)27(30-20)29-13-11-23(31)18-5-7-19(28)8-6-18/h5-16H,17H2,1-4H3,(H,29,30)/b13-11+,14-12+. The van der Waals surface area contributed by atoms with Gasteiger partial charge in [-0.05, 0) is 42.5 Å². The maximum absolute atomic E-state index is 13.1. The fraction of sp³-hybridized carbons (Fsp3) is 0.185. The zero-order chi connectivity index (χ0) is 27.7. The van der Waals surface area contributed by atoms with Crippen molar-refractivity contribution < 1.29 is 36.6 Å². The Bertz CT molecular complexity index is 1430.